The molecule has 188 valence electrons. The van der Waals surface area contributed by atoms with Gasteiger partial charge in [-0.2, -0.15) is 0 Å². The lowest BCUT2D eigenvalue weighted by molar-refractivity contribution is 0.0495. The smallest absolute Gasteiger partial charge is 0.415 e. The van der Waals surface area contributed by atoms with Gasteiger partial charge in [0.2, 0.25) is 5.91 Å². The molecule has 4 rings (SSSR count). The number of benzene rings is 2. The molecular weight excluding hydrogens is 474 g/mol. The molecule has 1 unspecified atom stereocenters. The summed E-state index contributed by atoms with van der Waals surface area (Å²) >= 11 is 0. The Kier molecular flexibility index (Phi) is 7.64. The molecule has 37 heavy (non-hydrogen) atoms. The average molecular weight is 500 g/mol. The van der Waals surface area contributed by atoms with Gasteiger partial charge in [0, 0.05) is 37.4 Å². The number of aromatic nitrogens is 1. The fourth-order valence-corrected chi connectivity index (χ4v) is 3.94. The summed E-state index contributed by atoms with van der Waals surface area (Å²) in [5, 5.41) is 0. The molecule has 2 aromatic carbocycles. The summed E-state index contributed by atoms with van der Waals surface area (Å²) in [6.07, 6.45) is 2.03. The lowest BCUT2D eigenvalue weighted by atomic mass is 10.1. The van der Waals surface area contributed by atoms with E-state index in [0.29, 0.717) is 43.2 Å². The van der Waals surface area contributed by atoms with E-state index in [1.807, 2.05) is 19.1 Å². The van der Waals surface area contributed by atoms with E-state index in [1.54, 1.807) is 41.3 Å². The fourth-order valence-electron chi connectivity index (χ4n) is 3.94. The summed E-state index contributed by atoms with van der Waals surface area (Å²) in [4.78, 5) is 47.5. The highest BCUT2D eigenvalue weighted by atomic mass is 16.6. The van der Waals surface area contributed by atoms with Gasteiger partial charge in [0.1, 0.15) is 12.4 Å². The van der Waals surface area contributed by atoms with Gasteiger partial charge in [-0.1, -0.05) is 18.2 Å². The minimum atomic E-state index is -0.669. The van der Waals surface area contributed by atoms with Gasteiger partial charge in [0.05, 0.1) is 18.3 Å². The first-order chi connectivity index (χ1) is 17.8. The molecule has 1 aliphatic heterocycles. The Hall–Kier alpha value is -4.91. The highest BCUT2D eigenvalue weighted by Gasteiger charge is 2.31. The topological polar surface area (TPSA) is 119 Å². The third kappa shape index (κ3) is 6.21. The van der Waals surface area contributed by atoms with E-state index < -0.39 is 12.0 Å². The lowest BCUT2D eigenvalue weighted by Gasteiger charge is -2.39. The highest BCUT2D eigenvalue weighted by molar-refractivity contribution is 5.95. The van der Waals surface area contributed by atoms with Gasteiger partial charge in [0.25, 0.3) is 5.91 Å². The van der Waals surface area contributed by atoms with Crippen LogP contribution < -0.4 is 15.2 Å². The zero-order valence-electron chi connectivity index (χ0n) is 20.2. The first kappa shape index (κ1) is 25.2. The van der Waals surface area contributed by atoms with E-state index in [4.69, 9.17) is 21.8 Å². The molecule has 0 radical (unpaired) electrons. The van der Waals surface area contributed by atoms with Gasteiger partial charge in [-0.05, 0) is 48.9 Å². The minimum Gasteiger partial charge on any atom is -0.489 e. The van der Waals surface area contributed by atoms with Crippen molar-refractivity contribution < 1.29 is 23.9 Å². The zero-order valence-corrected chi connectivity index (χ0v) is 20.2. The predicted molar refractivity (Wildman–Crippen MR) is 134 cm³/mol. The first-order valence-corrected chi connectivity index (χ1v) is 11.6. The van der Waals surface area contributed by atoms with E-state index in [-0.39, 0.29) is 23.3 Å². The van der Waals surface area contributed by atoms with Crippen LogP contribution in [-0.2, 0) is 6.61 Å². The van der Waals surface area contributed by atoms with Crippen molar-refractivity contribution in [2.24, 2.45) is 5.73 Å². The summed E-state index contributed by atoms with van der Waals surface area (Å²) in [6, 6.07) is 15.2. The Balaban J connectivity index is 1.31. The predicted octanol–water partition coefficient (Wildman–Crippen LogP) is 3.66. The van der Waals surface area contributed by atoms with Crippen LogP contribution in [0.5, 0.6) is 11.5 Å². The molecule has 1 saturated heterocycles. The molecule has 2 heterocycles. The van der Waals surface area contributed by atoms with Gasteiger partial charge in [-0.3, -0.25) is 14.6 Å². The summed E-state index contributed by atoms with van der Waals surface area (Å²) in [5.41, 5.74) is 7.33. The second-order valence-corrected chi connectivity index (χ2v) is 8.53. The fraction of sp³-hybridized carbons (Fsp3) is 0.222. The van der Waals surface area contributed by atoms with Crippen molar-refractivity contribution in [1.82, 2.24) is 14.8 Å². The van der Waals surface area contributed by atoms with E-state index in [2.05, 4.69) is 9.83 Å². The molecule has 0 saturated carbocycles. The van der Waals surface area contributed by atoms with Gasteiger partial charge in [0.15, 0.2) is 11.4 Å². The Morgan fingerprint density at radius 3 is 2.54 bits per heavy atom. The van der Waals surface area contributed by atoms with Crippen LogP contribution in [0.3, 0.4) is 0 Å². The quantitative estimate of drug-likeness (QED) is 0.517. The molecule has 3 aromatic rings. The van der Waals surface area contributed by atoms with E-state index >= 15 is 0 Å². The summed E-state index contributed by atoms with van der Waals surface area (Å²) in [7, 11) is 0. The SMILES string of the molecule is [C-]#[N+]c1cccc(COc2ccc(C(=O)N3CCN(C(=O)Oc4cncc(C(N)=O)c4)CC3C)cc2)c1. The number of ether oxygens (including phenoxy) is 2. The molecule has 0 bridgehead atoms. The van der Waals surface area contributed by atoms with Crippen molar-refractivity contribution in [2.45, 2.75) is 19.6 Å². The van der Waals surface area contributed by atoms with Gasteiger partial charge >= 0.3 is 6.09 Å². The summed E-state index contributed by atoms with van der Waals surface area (Å²) < 4.78 is 11.1. The second-order valence-electron chi connectivity index (χ2n) is 8.53. The molecule has 0 spiro atoms. The maximum Gasteiger partial charge on any atom is 0.415 e. The van der Waals surface area contributed by atoms with Crippen LogP contribution in [0.2, 0.25) is 0 Å². The number of primary amides is 1. The van der Waals surface area contributed by atoms with Crippen LogP contribution in [0, 0.1) is 6.57 Å². The van der Waals surface area contributed by atoms with Crippen LogP contribution in [0.15, 0.2) is 67.0 Å². The van der Waals surface area contributed by atoms with E-state index in [1.165, 1.54) is 23.4 Å². The van der Waals surface area contributed by atoms with Crippen molar-refractivity contribution in [1.29, 1.82) is 0 Å². The van der Waals surface area contributed by atoms with Crippen molar-refractivity contribution in [3.05, 3.63) is 95.1 Å². The molecule has 1 fully saturated rings. The molecule has 0 aliphatic carbocycles. The molecular formula is C27H25N5O5. The van der Waals surface area contributed by atoms with Crippen molar-refractivity contribution in [2.75, 3.05) is 19.6 Å². The normalized spacial score (nSPS) is 15.0. The molecule has 1 aliphatic rings. The van der Waals surface area contributed by atoms with Crippen molar-refractivity contribution in [3.63, 3.8) is 0 Å². The van der Waals surface area contributed by atoms with Gasteiger partial charge in [-0.15, -0.1) is 0 Å². The van der Waals surface area contributed by atoms with Crippen molar-refractivity contribution in [3.8, 4) is 11.5 Å². The first-order valence-electron chi connectivity index (χ1n) is 11.6. The summed E-state index contributed by atoms with van der Waals surface area (Å²) in [6.45, 7) is 10.2. The largest absolute Gasteiger partial charge is 0.489 e. The minimum absolute atomic E-state index is 0.119. The maximum atomic E-state index is 13.1. The highest BCUT2D eigenvalue weighted by Crippen LogP contribution is 2.21. The molecule has 3 amide bonds. The van der Waals surface area contributed by atoms with Crippen LogP contribution >= 0.6 is 0 Å². The molecule has 10 nitrogen and oxygen atoms in total. The second kappa shape index (κ2) is 11.2. The molecule has 1 atom stereocenters. The van der Waals surface area contributed by atoms with Gasteiger partial charge < -0.3 is 25.0 Å². The number of pyridine rings is 1. The number of nitrogens with two attached hydrogens (primary N) is 1. The molecule has 1 aromatic heterocycles. The molecule has 2 N–H and O–H groups in total. The lowest BCUT2D eigenvalue weighted by Crippen LogP contribution is -2.56. The van der Waals surface area contributed by atoms with Crippen molar-refractivity contribution >= 4 is 23.6 Å². The third-order valence-corrected chi connectivity index (χ3v) is 5.90. The monoisotopic (exact) mass is 499 g/mol. The van der Waals surface area contributed by atoms with E-state index in [0.717, 1.165) is 5.56 Å². The number of rotatable bonds is 6. The Bertz CT molecular complexity index is 1350. The van der Waals surface area contributed by atoms with Crippen LogP contribution in [-0.4, -0.2) is 58.4 Å². The van der Waals surface area contributed by atoms with Crippen LogP contribution in [0.1, 0.15) is 33.2 Å². The maximum absolute atomic E-state index is 13.1. The van der Waals surface area contributed by atoms with E-state index in [9.17, 15) is 14.4 Å². The number of hydrogen-bond acceptors (Lipinski definition) is 6. The molecule has 10 heteroatoms. The van der Waals surface area contributed by atoms with Crippen LogP contribution in [0.25, 0.3) is 4.85 Å². The standard InChI is InChI=1S/C27H25N5O5/c1-18-16-31(27(35)37-24-13-21(25(28)33)14-30-15-24)10-11-32(18)26(34)20-6-8-23(9-7-20)36-17-19-4-3-5-22(12-19)29-2/h3-9,12-15,18H,10-11,16-17H2,1H3,(H2,28,33). The number of amides is 3. The number of nitrogens with zero attached hydrogens (tertiary/aromatic N) is 4. The Morgan fingerprint density at radius 1 is 1.05 bits per heavy atom. The Labute approximate surface area is 214 Å². The summed E-state index contributed by atoms with van der Waals surface area (Å²) in [5.74, 6) is -0.0820. The Morgan fingerprint density at radius 2 is 1.84 bits per heavy atom. The average Bonchev–Trinajstić information content (AvgIpc) is 2.92. The number of hydrogen-bond donors (Lipinski definition) is 1. The zero-order chi connectivity index (χ0) is 26.4. The third-order valence-electron chi connectivity index (χ3n) is 5.90. The van der Waals surface area contributed by atoms with Crippen LogP contribution in [0.4, 0.5) is 10.5 Å². The number of carbonyl (C=O) groups is 3. The van der Waals surface area contributed by atoms with Gasteiger partial charge in [-0.25, -0.2) is 9.64 Å². The number of carbonyl (C=O) groups excluding carboxylic acids is 3. The number of piperazine rings is 1.